The van der Waals surface area contributed by atoms with Gasteiger partial charge in [0.1, 0.15) is 5.82 Å². The maximum absolute atomic E-state index is 13.1. The molecule has 0 fully saturated rings. The summed E-state index contributed by atoms with van der Waals surface area (Å²) >= 11 is 0. The van der Waals surface area contributed by atoms with Crippen molar-refractivity contribution in [3.63, 3.8) is 0 Å². The Bertz CT molecular complexity index is 284. The van der Waals surface area contributed by atoms with E-state index in [9.17, 15) is 4.39 Å². The molecular weight excluding hydrogens is 177 g/mol. The molecule has 1 N–H and O–H groups in total. The summed E-state index contributed by atoms with van der Waals surface area (Å²) in [5.74, 6) is -0.0991. The Labute approximate surface area is 85.3 Å². The minimum absolute atomic E-state index is 0.0991. The van der Waals surface area contributed by atoms with Crippen LogP contribution >= 0.6 is 0 Å². The molecule has 0 aliphatic rings. The minimum atomic E-state index is -0.0991. The van der Waals surface area contributed by atoms with Gasteiger partial charge in [0.25, 0.3) is 0 Å². The third-order valence-corrected chi connectivity index (χ3v) is 2.25. The van der Waals surface area contributed by atoms with Gasteiger partial charge in [0.15, 0.2) is 0 Å². The van der Waals surface area contributed by atoms with Crippen molar-refractivity contribution in [3.8, 4) is 0 Å². The summed E-state index contributed by atoms with van der Waals surface area (Å²) in [4.78, 5) is 0. The van der Waals surface area contributed by atoms with Crippen molar-refractivity contribution < 1.29 is 4.39 Å². The number of benzene rings is 1. The Kier molecular flexibility index (Phi) is 4.60. The Balaban J connectivity index is 2.39. The molecule has 0 unspecified atom stereocenters. The number of nitrogens with one attached hydrogen (secondary N) is 1. The standard InChI is InChI=1S/C12H18FN/c1-3-7-14-8-6-11-5-4-10(2)12(13)9-11/h4-5,9,14H,3,6-8H2,1-2H3. The molecule has 0 atom stereocenters. The second kappa shape index (κ2) is 5.76. The molecule has 1 rings (SSSR count). The fourth-order valence-electron chi connectivity index (χ4n) is 1.33. The average molecular weight is 195 g/mol. The van der Waals surface area contributed by atoms with Gasteiger partial charge in [0, 0.05) is 0 Å². The Hall–Kier alpha value is -0.890. The highest BCUT2D eigenvalue weighted by molar-refractivity contribution is 5.23. The lowest BCUT2D eigenvalue weighted by atomic mass is 10.1. The van der Waals surface area contributed by atoms with Crippen LogP contribution in [0.3, 0.4) is 0 Å². The monoisotopic (exact) mass is 195 g/mol. The van der Waals surface area contributed by atoms with Gasteiger partial charge >= 0.3 is 0 Å². The molecule has 0 aromatic heterocycles. The van der Waals surface area contributed by atoms with Gasteiger partial charge < -0.3 is 5.32 Å². The molecule has 1 nitrogen and oxygen atoms in total. The molecule has 0 heterocycles. The van der Waals surface area contributed by atoms with Gasteiger partial charge in [-0.2, -0.15) is 0 Å². The van der Waals surface area contributed by atoms with Crippen LogP contribution in [0.2, 0.25) is 0 Å². The van der Waals surface area contributed by atoms with Crippen LogP contribution in [0.25, 0.3) is 0 Å². The number of hydrogen-bond donors (Lipinski definition) is 1. The molecule has 0 aliphatic carbocycles. The first-order valence-corrected chi connectivity index (χ1v) is 5.19. The number of halogens is 1. The van der Waals surface area contributed by atoms with E-state index in [1.165, 1.54) is 0 Å². The SMILES string of the molecule is CCCNCCc1ccc(C)c(F)c1. The van der Waals surface area contributed by atoms with Gasteiger partial charge in [0.2, 0.25) is 0 Å². The second-order valence-corrected chi connectivity index (χ2v) is 3.58. The summed E-state index contributed by atoms with van der Waals surface area (Å²) in [5, 5.41) is 3.30. The van der Waals surface area contributed by atoms with Crippen LogP contribution < -0.4 is 5.32 Å². The van der Waals surface area contributed by atoms with E-state index in [0.29, 0.717) is 0 Å². The highest BCUT2D eigenvalue weighted by atomic mass is 19.1. The number of aryl methyl sites for hydroxylation is 1. The lowest BCUT2D eigenvalue weighted by Crippen LogP contribution is -2.17. The van der Waals surface area contributed by atoms with Crippen LogP contribution in [0, 0.1) is 12.7 Å². The van der Waals surface area contributed by atoms with Crippen molar-refractivity contribution in [1.82, 2.24) is 5.32 Å². The molecule has 0 bridgehead atoms. The third kappa shape index (κ3) is 3.46. The van der Waals surface area contributed by atoms with Crippen molar-refractivity contribution in [1.29, 1.82) is 0 Å². The first-order chi connectivity index (χ1) is 6.74. The molecule has 14 heavy (non-hydrogen) atoms. The predicted molar refractivity (Wildman–Crippen MR) is 58.0 cm³/mol. The fraction of sp³-hybridized carbons (Fsp3) is 0.500. The largest absolute Gasteiger partial charge is 0.316 e. The van der Waals surface area contributed by atoms with E-state index in [1.54, 1.807) is 13.0 Å². The van der Waals surface area contributed by atoms with E-state index in [0.717, 1.165) is 37.1 Å². The van der Waals surface area contributed by atoms with Crippen LogP contribution in [0.4, 0.5) is 4.39 Å². The molecule has 2 heteroatoms. The molecule has 1 aromatic rings. The van der Waals surface area contributed by atoms with E-state index in [1.807, 2.05) is 12.1 Å². The van der Waals surface area contributed by atoms with Crippen LogP contribution in [-0.4, -0.2) is 13.1 Å². The highest BCUT2D eigenvalue weighted by Gasteiger charge is 1.98. The van der Waals surface area contributed by atoms with Crippen molar-refractivity contribution in [3.05, 3.63) is 35.1 Å². The van der Waals surface area contributed by atoms with Crippen molar-refractivity contribution in [2.75, 3.05) is 13.1 Å². The smallest absolute Gasteiger partial charge is 0.126 e. The molecular formula is C12H18FN. The van der Waals surface area contributed by atoms with Gasteiger partial charge in [-0.15, -0.1) is 0 Å². The van der Waals surface area contributed by atoms with E-state index in [2.05, 4.69) is 12.2 Å². The van der Waals surface area contributed by atoms with Gasteiger partial charge in [-0.05, 0) is 50.0 Å². The van der Waals surface area contributed by atoms with Crippen LogP contribution in [0.5, 0.6) is 0 Å². The lowest BCUT2D eigenvalue weighted by Gasteiger charge is -2.04. The molecule has 0 saturated heterocycles. The number of rotatable bonds is 5. The van der Waals surface area contributed by atoms with Gasteiger partial charge in [-0.25, -0.2) is 4.39 Å². The zero-order valence-electron chi connectivity index (χ0n) is 8.94. The van der Waals surface area contributed by atoms with E-state index in [4.69, 9.17) is 0 Å². The highest BCUT2D eigenvalue weighted by Crippen LogP contribution is 2.09. The van der Waals surface area contributed by atoms with E-state index >= 15 is 0 Å². The quantitative estimate of drug-likeness (QED) is 0.712. The zero-order valence-corrected chi connectivity index (χ0v) is 8.94. The van der Waals surface area contributed by atoms with Gasteiger partial charge in [-0.3, -0.25) is 0 Å². The summed E-state index contributed by atoms with van der Waals surface area (Å²) in [7, 11) is 0. The van der Waals surface area contributed by atoms with E-state index in [-0.39, 0.29) is 5.82 Å². The summed E-state index contributed by atoms with van der Waals surface area (Å²) in [5.41, 5.74) is 1.78. The second-order valence-electron chi connectivity index (χ2n) is 3.58. The Morgan fingerprint density at radius 1 is 1.29 bits per heavy atom. The van der Waals surface area contributed by atoms with Crippen LogP contribution in [0.1, 0.15) is 24.5 Å². The first kappa shape index (κ1) is 11.2. The van der Waals surface area contributed by atoms with Crippen LogP contribution in [-0.2, 0) is 6.42 Å². The minimum Gasteiger partial charge on any atom is -0.316 e. The Morgan fingerprint density at radius 3 is 2.71 bits per heavy atom. The fourth-order valence-corrected chi connectivity index (χ4v) is 1.33. The summed E-state index contributed by atoms with van der Waals surface area (Å²) in [6.45, 7) is 5.89. The predicted octanol–water partition coefficient (Wildman–Crippen LogP) is 2.68. The summed E-state index contributed by atoms with van der Waals surface area (Å²) < 4.78 is 13.1. The summed E-state index contributed by atoms with van der Waals surface area (Å²) in [6, 6.07) is 5.46. The summed E-state index contributed by atoms with van der Waals surface area (Å²) in [6.07, 6.45) is 2.04. The molecule has 0 spiro atoms. The zero-order chi connectivity index (χ0) is 10.4. The average Bonchev–Trinajstić information content (AvgIpc) is 2.18. The topological polar surface area (TPSA) is 12.0 Å². The van der Waals surface area contributed by atoms with Crippen molar-refractivity contribution in [2.45, 2.75) is 26.7 Å². The molecule has 0 amide bonds. The molecule has 0 saturated carbocycles. The van der Waals surface area contributed by atoms with Crippen LogP contribution in [0.15, 0.2) is 18.2 Å². The maximum atomic E-state index is 13.1. The lowest BCUT2D eigenvalue weighted by molar-refractivity contribution is 0.613. The molecule has 0 radical (unpaired) electrons. The van der Waals surface area contributed by atoms with Gasteiger partial charge in [0.05, 0.1) is 0 Å². The number of hydrogen-bond acceptors (Lipinski definition) is 1. The van der Waals surface area contributed by atoms with Gasteiger partial charge in [-0.1, -0.05) is 19.1 Å². The van der Waals surface area contributed by atoms with Crippen molar-refractivity contribution in [2.24, 2.45) is 0 Å². The maximum Gasteiger partial charge on any atom is 0.126 e. The molecule has 0 aliphatic heterocycles. The van der Waals surface area contributed by atoms with E-state index < -0.39 is 0 Å². The Morgan fingerprint density at radius 2 is 2.07 bits per heavy atom. The van der Waals surface area contributed by atoms with Crippen molar-refractivity contribution >= 4 is 0 Å². The third-order valence-electron chi connectivity index (χ3n) is 2.25. The molecule has 1 aromatic carbocycles. The first-order valence-electron chi connectivity index (χ1n) is 5.19. The molecule has 78 valence electrons. The normalized spacial score (nSPS) is 10.5.